The summed E-state index contributed by atoms with van der Waals surface area (Å²) in [6.45, 7) is 4.66. The van der Waals surface area contributed by atoms with Crippen molar-refractivity contribution in [2.45, 2.75) is 44.1 Å². The first-order chi connectivity index (χ1) is 11.8. The van der Waals surface area contributed by atoms with Crippen molar-refractivity contribution in [2.24, 2.45) is 0 Å². The van der Waals surface area contributed by atoms with Gasteiger partial charge in [0.2, 0.25) is 0 Å². The molecule has 2 aliphatic rings. The number of ether oxygens (including phenoxy) is 2. The van der Waals surface area contributed by atoms with E-state index in [2.05, 4.69) is 32.8 Å². The Morgan fingerprint density at radius 3 is 2.96 bits per heavy atom. The maximum atomic E-state index is 6.20. The average Bonchev–Trinajstić information content (AvgIpc) is 3.27. The van der Waals surface area contributed by atoms with Gasteiger partial charge in [-0.25, -0.2) is 0 Å². The zero-order valence-electron chi connectivity index (χ0n) is 13.9. The van der Waals surface area contributed by atoms with Crippen LogP contribution < -0.4 is 0 Å². The first kappa shape index (κ1) is 16.2. The van der Waals surface area contributed by atoms with Crippen molar-refractivity contribution in [2.75, 3.05) is 19.7 Å². The van der Waals surface area contributed by atoms with Gasteiger partial charge in [-0.1, -0.05) is 6.07 Å². The summed E-state index contributed by atoms with van der Waals surface area (Å²) >= 11 is 1.78. The van der Waals surface area contributed by atoms with Gasteiger partial charge in [0.25, 0.3) is 0 Å². The lowest BCUT2D eigenvalue weighted by Gasteiger charge is -2.38. The Labute approximate surface area is 147 Å². The molecule has 0 bridgehead atoms. The van der Waals surface area contributed by atoms with Crippen LogP contribution in [0.3, 0.4) is 0 Å². The summed E-state index contributed by atoms with van der Waals surface area (Å²) in [5, 5.41) is 4.41. The van der Waals surface area contributed by atoms with Crippen molar-refractivity contribution in [3.05, 3.63) is 52.5 Å². The molecular weight excluding hydrogens is 320 g/mol. The summed E-state index contributed by atoms with van der Waals surface area (Å²) < 4.78 is 12.3. The number of thiophene rings is 1. The van der Waals surface area contributed by atoms with Crippen LogP contribution in [0.25, 0.3) is 0 Å². The van der Waals surface area contributed by atoms with E-state index >= 15 is 0 Å². The van der Waals surface area contributed by atoms with Crippen LogP contribution in [0.1, 0.15) is 30.4 Å². The van der Waals surface area contributed by atoms with Gasteiger partial charge in [0.15, 0.2) is 0 Å². The van der Waals surface area contributed by atoms with Crippen molar-refractivity contribution in [3.8, 4) is 0 Å². The van der Waals surface area contributed by atoms with Crippen molar-refractivity contribution < 1.29 is 9.47 Å². The maximum Gasteiger partial charge on any atom is 0.0840 e. The Kier molecular flexibility index (Phi) is 4.94. The number of aromatic nitrogens is 1. The summed E-state index contributed by atoms with van der Waals surface area (Å²) in [4.78, 5) is 6.68. The normalized spacial score (nSPS) is 23.8. The molecule has 5 heteroatoms. The minimum Gasteiger partial charge on any atom is -0.372 e. The van der Waals surface area contributed by atoms with Gasteiger partial charge in [-0.3, -0.25) is 9.88 Å². The molecule has 2 saturated heterocycles. The molecule has 128 valence electrons. The van der Waals surface area contributed by atoms with Crippen LogP contribution in [-0.2, 0) is 22.6 Å². The lowest BCUT2D eigenvalue weighted by Crippen LogP contribution is -2.43. The van der Waals surface area contributed by atoms with Crippen LogP contribution >= 0.6 is 11.3 Å². The second-order valence-corrected chi connectivity index (χ2v) is 7.68. The molecular formula is C19H24N2O2S. The molecule has 2 aliphatic heterocycles. The van der Waals surface area contributed by atoms with E-state index in [-0.39, 0.29) is 11.7 Å². The van der Waals surface area contributed by atoms with E-state index in [1.807, 2.05) is 12.3 Å². The second-order valence-electron chi connectivity index (χ2n) is 6.90. The molecule has 1 atom stereocenters. The smallest absolute Gasteiger partial charge is 0.0840 e. The largest absolute Gasteiger partial charge is 0.372 e. The topological polar surface area (TPSA) is 34.6 Å². The Morgan fingerprint density at radius 1 is 1.29 bits per heavy atom. The quantitative estimate of drug-likeness (QED) is 0.832. The lowest BCUT2D eigenvalue weighted by molar-refractivity contribution is -0.0468. The molecule has 0 unspecified atom stereocenters. The van der Waals surface area contributed by atoms with E-state index in [0.717, 1.165) is 51.1 Å². The Balaban J connectivity index is 1.24. The van der Waals surface area contributed by atoms with Crippen LogP contribution in [0.4, 0.5) is 0 Å². The van der Waals surface area contributed by atoms with E-state index in [0.29, 0.717) is 6.61 Å². The van der Waals surface area contributed by atoms with Crippen LogP contribution in [0.2, 0.25) is 0 Å². The van der Waals surface area contributed by atoms with Crippen LogP contribution in [0, 0.1) is 0 Å². The number of rotatable bonds is 5. The zero-order chi connectivity index (χ0) is 16.2. The number of hydrogen-bond acceptors (Lipinski definition) is 5. The van der Waals surface area contributed by atoms with Gasteiger partial charge in [0, 0.05) is 38.4 Å². The van der Waals surface area contributed by atoms with E-state index in [9.17, 15) is 0 Å². The molecule has 4 nitrogen and oxygen atoms in total. The van der Waals surface area contributed by atoms with Crippen LogP contribution in [0.15, 0.2) is 41.4 Å². The van der Waals surface area contributed by atoms with Gasteiger partial charge >= 0.3 is 0 Å². The number of hydrogen-bond donors (Lipinski definition) is 0. The fraction of sp³-hybridized carbons (Fsp3) is 0.526. The Morgan fingerprint density at radius 2 is 2.21 bits per heavy atom. The number of nitrogens with zero attached hydrogens (tertiary/aromatic N) is 2. The monoisotopic (exact) mass is 344 g/mol. The van der Waals surface area contributed by atoms with E-state index in [1.54, 1.807) is 17.5 Å². The standard InChI is InChI=1S/C19H24N2O2S/c1-2-16(11-20-6-1)13-22-18-10-19(23-14-18)4-7-21(8-5-19)12-17-3-9-24-15-17/h1-3,6,9,11,15,18H,4-5,7-8,10,12-14H2/t18-/m1/s1. The fourth-order valence-corrected chi connectivity index (χ4v) is 4.37. The fourth-order valence-electron chi connectivity index (χ4n) is 3.72. The number of likely N-dealkylation sites (tertiary alicyclic amines) is 1. The summed E-state index contributed by atoms with van der Waals surface area (Å²) in [7, 11) is 0. The second kappa shape index (κ2) is 7.31. The van der Waals surface area contributed by atoms with Gasteiger partial charge in [0.05, 0.1) is 24.9 Å². The lowest BCUT2D eigenvalue weighted by atomic mass is 9.88. The van der Waals surface area contributed by atoms with Crippen molar-refractivity contribution in [1.82, 2.24) is 9.88 Å². The Hall–Kier alpha value is -1.27. The molecule has 4 rings (SSSR count). The van der Waals surface area contributed by atoms with Crippen LogP contribution in [0.5, 0.6) is 0 Å². The molecule has 0 N–H and O–H groups in total. The third kappa shape index (κ3) is 3.86. The molecule has 0 saturated carbocycles. The summed E-state index contributed by atoms with van der Waals surface area (Å²) in [5.74, 6) is 0. The third-order valence-corrected chi connectivity index (χ3v) is 5.87. The van der Waals surface area contributed by atoms with Crippen molar-refractivity contribution >= 4 is 11.3 Å². The van der Waals surface area contributed by atoms with Crippen LogP contribution in [-0.4, -0.2) is 41.3 Å². The SMILES string of the molecule is c1cncc(CO[C@H]2COC3(CCN(Cc4ccsc4)CC3)C2)c1. The summed E-state index contributed by atoms with van der Waals surface area (Å²) in [6, 6.07) is 6.24. The van der Waals surface area contributed by atoms with Gasteiger partial charge in [-0.05, 0) is 46.9 Å². The Bertz CT molecular complexity index is 624. The molecule has 0 amide bonds. The highest BCUT2D eigenvalue weighted by molar-refractivity contribution is 7.07. The van der Waals surface area contributed by atoms with E-state index in [1.165, 1.54) is 5.56 Å². The average molecular weight is 344 g/mol. The van der Waals surface area contributed by atoms with Gasteiger partial charge in [0.1, 0.15) is 0 Å². The van der Waals surface area contributed by atoms with Gasteiger partial charge in [-0.15, -0.1) is 0 Å². The molecule has 24 heavy (non-hydrogen) atoms. The first-order valence-electron chi connectivity index (χ1n) is 8.69. The molecule has 0 aromatic carbocycles. The molecule has 4 heterocycles. The number of piperidine rings is 1. The van der Waals surface area contributed by atoms with E-state index < -0.39 is 0 Å². The number of pyridine rings is 1. The predicted octanol–water partition coefficient (Wildman–Crippen LogP) is 3.48. The maximum absolute atomic E-state index is 6.20. The minimum absolute atomic E-state index is 0.0464. The molecule has 1 spiro atoms. The van der Waals surface area contributed by atoms with Crippen molar-refractivity contribution in [1.29, 1.82) is 0 Å². The molecule has 2 fully saturated rings. The van der Waals surface area contributed by atoms with Gasteiger partial charge < -0.3 is 9.47 Å². The van der Waals surface area contributed by atoms with Gasteiger partial charge in [-0.2, -0.15) is 11.3 Å². The molecule has 0 aliphatic carbocycles. The zero-order valence-corrected chi connectivity index (χ0v) is 14.7. The minimum atomic E-state index is 0.0464. The molecule has 0 radical (unpaired) electrons. The molecule has 2 aromatic heterocycles. The summed E-state index contributed by atoms with van der Waals surface area (Å²) in [6.07, 6.45) is 7.14. The predicted molar refractivity (Wildman–Crippen MR) is 94.9 cm³/mol. The third-order valence-electron chi connectivity index (χ3n) is 5.14. The first-order valence-corrected chi connectivity index (χ1v) is 9.64. The molecule has 2 aromatic rings. The highest BCUT2D eigenvalue weighted by Gasteiger charge is 2.43. The highest BCUT2D eigenvalue weighted by atomic mass is 32.1. The van der Waals surface area contributed by atoms with E-state index in [4.69, 9.17) is 9.47 Å². The summed E-state index contributed by atoms with van der Waals surface area (Å²) in [5.41, 5.74) is 2.61. The highest BCUT2D eigenvalue weighted by Crippen LogP contribution is 2.37. The van der Waals surface area contributed by atoms with Crippen molar-refractivity contribution in [3.63, 3.8) is 0 Å².